The second-order valence-corrected chi connectivity index (χ2v) is 8.01. The number of hydrogen-bond donors (Lipinski definition) is 1. The van der Waals surface area contributed by atoms with Crippen molar-refractivity contribution in [3.63, 3.8) is 0 Å². The van der Waals surface area contributed by atoms with E-state index in [9.17, 15) is 4.79 Å². The summed E-state index contributed by atoms with van der Waals surface area (Å²) in [6.07, 6.45) is -3.20. The maximum absolute atomic E-state index is 13.1. The summed E-state index contributed by atoms with van der Waals surface area (Å²) >= 11 is 0. The van der Waals surface area contributed by atoms with Crippen LogP contribution in [0.25, 0.3) is 0 Å². The summed E-state index contributed by atoms with van der Waals surface area (Å²) in [4.78, 5) is 13.1. The molecule has 0 spiro atoms. The van der Waals surface area contributed by atoms with Crippen molar-refractivity contribution in [2.75, 3.05) is 11.9 Å². The minimum atomic E-state index is -0.916. The van der Waals surface area contributed by atoms with E-state index in [1.165, 1.54) is 0 Å². The fraction of sp³-hybridized carbons (Fsp3) is 0.650. The van der Waals surface area contributed by atoms with Gasteiger partial charge in [0.15, 0.2) is 24.0 Å². The van der Waals surface area contributed by atoms with Gasteiger partial charge in [0.1, 0.15) is 24.1 Å². The maximum Gasteiger partial charge on any atom is 0.256 e. The van der Waals surface area contributed by atoms with E-state index in [-0.39, 0.29) is 5.91 Å². The van der Waals surface area contributed by atoms with Crippen molar-refractivity contribution in [3.8, 4) is 5.75 Å². The molecular weight excluding hydrogens is 366 g/mol. The molecule has 3 heterocycles. The van der Waals surface area contributed by atoms with Crippen LogP contribution >= 0.6 is 0 Å². The molecule has 3 saturated heterocycles. The van der Waals surface area contributed by atoms with Crippen LogP contribution < -0.4 is 10.1 Å². The molecule has 0 bridgehead atoms. The van der Waals surface area contributed by atoms with Gasteiger partial charge in [0.25, 0.3) is 5.91 Å². The monoisotopic (exact) mass is 393 g/mol. The molecule has 0 saturated carbocycles. The first-order chi connectivity index (χ1) is 13.2. The van der Waals surface area contributed by atoms with Crippen LogP contribution in [-0.2, 0) is 28.5 Å². The zero-order valence-electron chi connectivity index (χ0n) is 16.8. The number of carbonyl (C=O) groups excluding carboxylic acids is 1. The summed E-state index contributed by atoms with van der Waals surface area (Å²) in [6, 6.07) is 7.25. The number of rotatable bonds is 4. The maximum atomic E-state index is 13.1. The smallest absolute Gasteiger partial charge is 0.256 e. The van der Waals surface area contributed by atoms with E-state index in [0.717, 1.165) is 0 Å². The zero-order valence-corrected chi connectivity index (χ0v) is 16.8. The fourth-order valence-electron chi connectivity index (χ4n) is 3.88. The minimum Gasteiger partial charge on any atom is -0.492 e. The summed E-state index contributed by atoms with van der Waals surface area (Å²) in [5, 5.41) is 2.88. The summed E-state index contributed by atoms with van der Waals surface area (Å²) in [5.74, 6) is -1.45. The molecule has 1 aromatic carbocycles. The average Bonchev–Trinajstić information content (AvgIpc) is 3.10. The standard InChI is InChI=1S/C20H27NO7/c1-6-23-12-10-8-7-9-11(12)21-17(22)15-13-14(26-19(2,3)25-13)16-18(24-15)28-20(4,5)27-16/h7-10,13-16,18H,6H2,1-5H3,(H,21,22)/t13-,14-,15+,16-,18+/m0/s1. The van der Waals surface area contributed by atoms with Crippen molar-refractivity contribution in [2.45, 2.75) is 76.9 Å². The third-order valence-electron chi connectivity index (χ3n) is 4.86. The van der Waals surface area contributed by atoms with E-state index in [2.05, 4.69) is 5.32 Å². The first kappa shape index (κ1) is 19.6. The number of benzene rings is 1. The summed E-state index contributed by atoms with van der Waals surface area (Å²) in [5.41, 5.74) is 0.568. The Kier molecular flexibility index (Phi) is 4.87. The van der Waals surface area contributed by atoms with Crippen LogP contribution in [0.4, 0.5) is 5.69 Å². The Morgan fingerprint density at radius 1 is 1.00 bits per heavy atom. The molecule has 4 rings (SSSR count). The van der Waals surface area contributed by atoms with E-state index >= 15 is 0 Å². The van der Waals surface area contributed by atoms with Gasteiger partial charge in [0, 0.05) is 0 Å². The summed E-state index contributed by atoms with van der Waals surface area (Å²) < 4.78 is 35.4. The van der Waals surface area contributed by atoms with Crippen molar-refractivity contribution in [1.29, 1.82) is 0 Å². The first-order valence-corrected chi connectivity index (χ1v) is 9.58. The summed E-state index contributed by atoms with van der Waals surface area (Å²) in [7, 11) is 0. The van der Waals surface area contributed by atoms with Crippen molar-refractivity contribution in [3.05, 3.63) is 24.3 Å². The number of fused-ring (bicyclic) bond motifs is 3. The van der Waals surface area contributed by atoms with E-state index in [4.69, 9.17) is 28.4 Å². The quantitative estimate of drug-likeness (QED) is 0.841. The Hall–Kier alpha value is -1.71. The molecule has 1 amide bonds. The van der Waals surface area contributed by atoms with E-state index in [1.54, 1.807) is 39.8 Å². The molecule has 28 heavy (non-hydrogen) atoms. The van der Waals surface area contributed by atoms with Crippen LogP contribution in [0.2, 0.25) is 0 Å². The van der Waals surface area contributed by atoms with Crippen molar-refractivity contribution in [1.82, 2.24) is 0 Å². The van der Waals surface area contributed by atoms with Gasteiger partial charge < -0.3 is 33.7 Å². The third-order valence-corrected chi connectivity index (χ3v) is 4.86. The number of para-hydroxylation sites is 2. The highest BCUT2D eigenvalue weighted by molar-refractivity contribution is 5.96. The summed E-state index contributed by atoms with van der Waals surface area (Å²) in [6.45, 7) is 9.60. The van der Waals surface area contributed by atoms with Crippen molar-refractivity contribution in [2.24, 2.45) is 0 Å². The van der Waals surface area contributed by atoms with E-state index in [1.807, 2.05) is 19.1 Å². The van der Waals surface area contributed by atoms with Crippen molar-refractivity contribution < 1.29 is 33.2 Å². The van der Waals surface area contributed by atoms with Gasteiger partial charge in [0.2, 0.25) is 0 Å². The van der Waals surface area contributed by atoms with Gasteiger partial charge in [0.05, 0.1) is 12.3 Å². The number of hydrogen-bond acceptors (Lipinski definition) is 7. The van der Waals surface area contributed by atoms with Crippen molar-refractivity contribution >= 4 is 11.6 Å². The Morgan fingerprint density at radius 2 is 1.64 bits per heavy atom. The van der Waals surface area contributed by atoms with Crippen LogP contribution in [0.1, 0.15) is 34.6 Å². The lowest BCUT2D eigenvalue weighted by Crippen LogP contribution is -2.58. The minimum absolute atomic E-state index is 0.352. The third kappa shape index (κ3) is 3.62. The van der Waals surface area contributed by atoms with Gasteiger partial charge in [-0.25, -0.2) is 0 Å². The number of ether oxygens (including phenoxy) is 6. The van der Waals surface area contributed by atoms with Crippen LogP contribution in [0.5, 0.6) is 5.75 Å². The number of carbonyl (C=O) groups is 1. The lowest BCUT2D eigenvalue weighted by molar-refractivity contribution is -0.229. The van der Waals surface area contributed by atoms with E-state index < -0.39 is 42.3 Å². The molecule has 154 valence electrons. The molecule has 1 aromatic rings. The highest BCUT2D eigenvalue weighted by Crippen LogP contribution is 2.44. The van der Waals surface area contributed by atoms with Crippen LogP contribution in [-0.4, -0.2) is 54.8 Å². The van der Waals surface area contributed by atoms with Crippen LogP contribution in [0.3, 0.4) is 0 Å². The number of amides is 1. The van der Waals surface area contributed by atoms with Gasteiger partial charge in [-0.1, -0.05) is 12.1 Å². The predicted octanol–water partition coefficient (Wildman–Crippen LogP) is 2.42. The van der Waals surface area contributed by atoms with Gasteiger partial charge in [-0.2, -0.15) is 0 Å². The first-order valence-electron chi connectivity index (χ1n) is 9.58. The molecule has 8 nitrogen and oxygen atoms in total. The topological polar surface area (TPSA) is 84.5 Å². The molecule has 3 fully saturated rings. The largest absolute Gasteiger partial charge is 0.492 e. The molecular formula is C20H27NO7. The van der Waals surface area contributed by atoms with E-state index in [0.29, 0.717) is 18.0 Å². The molecule has 3 aliphatic rings. The Balaban J connectivity index is 1.57. The van der Waals surface area contributed by atoms with Crippen LogP contribution in [0, 0.1) is 0 Å². The Bertz CT molecular complexity index is 750. The molecule has 3 aliphatic heterocycles. The number of nitrogens with one attached hydrogen (secondary N) is 1. The molecule has 0 unspecified atom stereocenters. The van der Waals surface area contributed by atoms with Gasteiger partial charge in [-0.3, -0.25) is 4.79 Å². The molecule has 5 atom stereocenters. The number of anilines is 1. The zero-order chi connectivity index (χ0) is 20.1. The lowest BCUT2D eigenvalue weighted by atomic mass is 9.98. The SMILES string of the molecule is CCOc1ccccc1NC(=O)[C@@H]1O[C@@H]2OC(C)(C)O[C@H]2[C@H]2OC(C)(C)O[C@@H]21. The lowest BCUT2D eigenvalue weighted by Gasteiger charge is -2.36. The second-order valence-electron chi connectivity index (χ2n) is 8.01. The fourth-order valence-corrected chi connectivity index (χ4v) is 3.88. The Labute approximate surface area is 164 Å². The molecule has 0 aromatic heterocycles. The normalized spacial score (nSPS) is 35.1. The Morgan fingerprint density at radius 3 is 2.39 bits per heavy atom. The molecule has 0 radical (unpaired) electrons. The predicted molar refractivity (Wildman–Crippen MR) is 98.8 cm³/mol. The van der Waals surface area contributed by atoms with Gasteiger partial charge in [-0.15, -0.1) is 0 Å². The van der Waals surface area contributed by atoms with Gasteiger partial charge in [-0.05, 0) is 46.8 Å². The average molecular weight is 393 g/mol. The second kappa shape index (κ2) is 6.96. The highest BCUT2D eigenvalue weighted by Gasteiger charge is 2.62. The van der Waals surface area contributed by atoms with Crippen LogP contribution in [0.15, 0.2) is 24.3 Å². The molecule has 1 N–H and O–H groups in total. The van der Waals surface area contributed by atoms with Gasteiger partial charge >= 0.3 is 0 Å². The molecule has 0 aliphatic carbocycles. The molecule has 8 heteroatoms. The highest BCUT2D eigenvalue weighted by atomic mass is 16.9.